The lowest BCUT2D eigenvalue weighted by molar-refractivity contribution is -0.137. The number of alkyl halides is 3. The molecule has 0 bridgehead atoms. The molecule has 0 aliphatic carbocycles. The lowest BCUT2D eigenvalue weighted by Crippen LogP contribution is -2.58. The molecule has 2 aromatic rings. The van der Waals surface area contributed by atoms with Crippen LogP contribution in [0, 0.1) is 5.82 Å². The summed E-state index contributed by atoms with van der Waals surface area (Å²) in [6.07, 6.45) is -2.61. The van der Waals surface area contributed by atoms with Crippen molar-refractivity contribution in [3.05, 3.63) is 47.3 Å². The summed E-state index contributed by atoms with van der Waals surface area (Å²) in [6.45, 7) is 1.78. The third kappa shape index (κ3) is 4.19. The van der Waals surface area contributed by atoms with Crippen LogP contribution >= 0.6 is 0 Å². The Morgan fingerprint density at radius 1 is 1.24 bits per heavy atom. The van der Waals surface area contributed by atoms with Gasteiger partial charge in [0.15, 0.2) is 0 Å². The zero-order valence-corrected chi connectivity index (χ0v) is 15.3. The van der Waals surface area contributed by atoms with Gasteiger partial charge in [0.2, 0.25) is 0 Å². The highest BCUT2D eigenvalue weighted by Gasteiger charge is 2.37. The van der Waals surface area contributed by atoms with Crippen molar-refractivity contribution < 1.29 is 27.1 Å². The maximum Gasteiger partial charge on any atom is 0.416 e. The Labute approximate surface area is 163 Å². The fourth-order valence-electron chi connectivity index (χ4n) is 3.52. The first kappa shape index (κ1) is 19.6. The van der Waals surface area contributed by atoms with Crippen molar-refractivity contribution in [3.63, 3.8) is 0 Å². The molecule has 1 aromatic carbocycles. The minimum Gasteiger partial charge on any atom is -0.370 e. The summed E-state index contributed by atoms with van der Waals surface area (Å²) in [4.78, 5) is 20.0. The number of urea groups is 1. The van der Waals surface area contributed by atoms with E-state index in [2.05, 4.69) is 15.2 Å². The van der Waals surface area contributed by atoms with Crippen LogP contribution in [0.4, 0.5) is 22.4 Å². The minimum absolute atomic E-state index is 0.0530. The van der Waals surface area contributed by atoms with Crippen molar-refractivity contribution in [3.8, 4) is 0 Å². The average molecular weight is 413 g/mol. The molecule has 29 heavy (non-hydrogen) atoms. The number of aromatic nitrogens is 3. The predicted molar refractivity (Wildman–Crippen MR) is 92.3 cm³/mol. The molecular weight excluding hydrogens is 394 g/mol. The minimum atomic E-state index is -4.59. The number of halogens is 4. The number of H-pyrrole nitrogens is 1. The number of aromatic amines is 1. The summed E-state index contributed by atoms with van der Waals surface area (Å²) in [5.41, 5.74) is -0.981. The second-order valence-corrected chi connectivity index (χ2v) is 7.23. The fraction of sp³-hybridized carbons (Fsp3) is 0.500. The zero-order valence-electron chi connectivity index (χ0n) is 15.3. The topological polar surface area (TPSA) is 74.3 Å². The molecule has 2 amide bonds. The third-order valence-corrected chi connectivity index (χ3v) is 5.25. The summed E-state index contributed by atoms with van der Waals surface area (Å²) in [7, 11) is 0. The number of hydrogen-bond donors (Lipinski definition) is 1. The summed E-state index contributed by atoms with van der Waals surface area (Å²) in [5, 5.41) is 6.65. The number of rotatable bonds is 4. The Morgan fingerprint density at radius 2 is 2.03 bits per heavy atom. The number of likely N-dealkylation sites (tertiary alicyclic amines) is 2. The van der Waals surface area contributed by atoms with E-state index in [1.165, 1.54) is 6.33 Å². The van der Waals surface area contributed by atoms with Gasteiger partial charge in [-0.25, -0.2) is 14.2 Å². The zero-order chi connectivity index (χ0) is 20.6. The second-order valence-electron chi connectivity index (χ2n) is 7.23. The van der Waals surface area contributed by atoms with Crippen LogP contribution in [0.3, 0.4) is 0 Å². The van der Waals surface area contributed by atoms with Crippen LogP contribution in [0.15, 0.2) is 24.5 Å². The molecule has 2 aliphatic rings. The van der Waals surface area contributed by atoms with Gasteiger partial charge in [-0.05, 0) is 18.6 Å². The number of benzene rings is 1. The van der Waals surface area contributed by atoms with Crippen LogP contribution in [0.2, 0.25) is 0 Å². The number of nitrogens with one attached hydrogen (secondary N) is 1. The predicted octanol–water partition coefficient (Wildman–Crippen LogP) is 2.77. The van der Waals surface area contributed by atoms with Gasteiger partial charge in [0.25, 0.3) is 0 Å². The molecule has 0 radical (unpaired) electrons. The Hall–Kier alpha value is -2.69. The third-order valence-electron chi connectivity index (χ3n) is 5.25. The van der Waals surface area contributed by atoms with Crippen LogP contribution in [0.25, 0.3) is 0 Å². The van der Waals surface area contributed by atoms with Gasteiger partial charge in [0.05, 0.1) is 31.4 Å². The van der Waals surface area contributed by atoms with Crippen LogP contribution in [0.5, 0.6) is 0 Å². The largest absolute Gasteiger partial charge is 0.416 e. The van der Waals surface area contributed by atoms with E-state index in [-0.39, 0.29) is 30.2 Å². The van der Waals surface area contributed by atoms with Gasteiger partial charge in [-0.15, -0.1) is 0 Å². The number of carbonyl (C=O) groups is 1. The number of ether oxygens (including phenoxy) is 1. The molecule has 0 unspecified atom stereocenters. The first-order chi connectivity index (χ1) is 13.8. The Balaban J connectivity index is 1.23. The van der Waals surface area contributed by atoms with E-state index < -0.39 is 17.6 Å². The summed E-state index contributed by atoms with van der Waals surface area (Å²) < 4.78 is 57.1. The van der Waals surface area contributed by atoms with Gasteiger partial charge in [-0.2, -0.15) is 18.3 Å². The Kier molecular flexibility index (Phi) is 5.15. The summed E-state index contributed by atoms with van der Waals surface area (Å²) in [6, 6.07) is 2.28. The van der Waals surface area contributed by atoms with Gasteiger partial charge < -0.3 is 14.5 Å². The van der Waals surface area contributed by atoms with Gasteiger partial charge in [0, 0.05) is 24.6 Å². The van der Waals surface area contributed by atoms with Crippen molar-refractivity contribution in [2.45, 2.75) is 31.2 Å². The van der Waals surface area contributed by atoms with Crippen molar-refractivity contribution in [2.24, 2.45) is 0 Å². The molecule has 4 rings (SSSR count). The van der Waals surface area contributed by atoms with E-state index in [1.54, 1.807) is 9.80 Å². The molecule has 2 saturated heterocycles. The van der Waals surface area contributed by atoms with Crippen LogP contribution < -0.4 is 0 Å². The molecule has 2 fully saturated rings. The first-order valence-electron chi connectivity index (χ1n) is 9.17. The summed E-state index contributed by atoms with van der Waals surface area (Å²) >= 11 is 0. The maximum absolute atomic E-state index is 13.9. The van der Waals surface area contributed by atoms with Gasteiger partial charge in [-0.1, -0.05) is 6.07 Å². The van der Waals surface area contributed by atoms with Crippen LogP contribution in [0.1, 0.15) is 29.3 Å². The lowest BCUT2D eigenvalue weighted by atomic mass is 10.1. The van der Waals surface area contributed by atoms with Crippen molar-refractivity contribution in [2.75, 3.05) is 26.2 Å². The highest BCUT2D eigenvalue weighted by Crippen LogP contribution is 2.31. The SMILES string of the molecule is O=C(N1CC(OCc2ccc(C(F)(F)F)cc2F)C1)N1CC[C@@H](c2ncn[nH]2)C1. The molecule has 1 atom stereocenters. The van der Waals surface area contributed by atoms with Crippen LogP contribution in [-0.4, -0.2) is 63.3 Å². The second kappa shape index (κ2) is 7.62. The van der Waals surface area contributed by atoms with Crippen molar-refractivity contribution in [1.82, 2.24) is 25.0 Å². The number of hydrogen-bond acceptors (Lipinski definition) is 4. The Morgan fingerprint density at radius 3 is 2.69 bits per heavy atom. The van der Waals surface area contributed by atoms with E-state index in [9.17, 15) is 22.4 Å². The molecule has 1 N–H and O–H groups in total. The van der Waals surface area contributed by atoms with Crippen molar-refractivity contribution in [1.29, 1.82) is 0 Å². The standard InChI is InChI=1S/C18H19F4N5O2/c19-15-5-13(18(20,21)22)2-1-12(15)9-29-14-7-27(8-14)17(28)26-4-3-11(6-26)16-23-10-24-25-16/h1-2,5,10-11,14H,3-4,6-9H2,(H,23,24,25)/t11-/m1/s1. The normalized spacial score (nSPS) is 20.2. The van der Waals surface area contributed by atoms with E-state index in [1.807, 2.05) is 0 Å². The molecule has 156 valence electrons. The van der Waals surface area contributed by atoms with E-state index in [0.29, 0.717) is 32.2 Å². The smallest absolute Gasteiger partial charge is 0.370 e. The number of carbonyl (C=O) groups excluding carboxylic acids is 1. The molecule has 7 nitrogen and oxygen atoms in total. The monoisotopic (exact) mass is 413 g/mol. The van der Waals surface area contributed by atoms with E-state index >= 15 is 0 Å². The van der Waals surface area contributed by atoms with E-state index in [0.717, 1.165) is 24.4 Å². The highest BCUT2D eigenvalue weighted by molar-refractivity contribution is 5.75. The molecule has 11 heteroatoms. The lowest BCUT2D eigenvalue weighted by Gasteiger charge is -2.40. The molecule has 3 heterocycles. The molecule has 0 spiro atoms. The molecule has 2 aliphatic heterocycles. The molecule has 1 aromatic heterocycles. The first-order valence-corrected chi connectivity index (χ1v) is 9.17. The fourth-order valence-corrected chi connectivity index (χ4v) is 3.52. The summed E-state index contributed by atoms with van der Waals surface area (Å²) in [5.74, 6) is -0.0521. The highest BCUT2D eigenvalue weighted by atomic mass is 19.4. The number of nitrogens with zero attached hydrogens (tertiary/aromatic N) is 4. The van der Waals surface area contributed by atoms with Gasteiger partial charge in [0.1, 0.15) is 18.0 Å². The van der Waals surface area contributed by atoms with Crippen LogP contribution in [-0.2, 0) is 17.5 Å². The Bertz CT molecular complexity index is 868. The molecular formula is C18H19F4N5O2. The maximum atomic E-state index is 13.9. The number of amides is 2. The van der Waals surface area contributed by atoms with Gasteiger partial charge in [-0.3, -0.25) is 5.10 Å². The average Bonchev–Trinajstić information content (AvgIpc) is 3.31. The van der Waals surface area contributed by atoms with Gasteiger partial charge >= 0.3 is 12.2 Å². The quantitative estimate of drug-likeness (QED) is 0.783. The molecule has 0 saturated carbocycles. The van der Waals surface area contributed by atoms with E-state index in [4.69, 9.17) is 4.74 Å². The van der Waals surface area contributed by atoms with Crippen molar-refractivity contribution >= 4 is 6.03 Å².